The number of nitro benzene ring substituents is 1. The molecule has 0 unspecified atom stereocenters. The summed E-state index contributed by atoms with van der Waals surface area (Å²) in [5, 5.41) is 19.4. The van der Waals surface area contributed by atoms with E-state index in [4.69, 9.17) is 0 Å². The quantitative estimate of drug-likeness (QED) is 0.516. The highest BCUT2D eigenvalue weighted by Gasteiger charge is 2.33. The first-order chi connectivity index (χ1) is 11.3. The first kappa shape index (κ1) is 18.0. The molecule has 1 saturated heterocycles. The summed E-state index contributed by atoms with van der Waals surface area (Å²) in [5.74, 6) is 0.196. The van der Waals surface area contributed by atoms with Crippen LogP contribution >= 0.6 is 0 Å². The van der Waals surface area contributed by atoms with Gasteiger partial charge in [-0.3, -0.25) is 14.9 Å². The van der Waals surface area contributed by atoms with E-state index in [1.165, 1.54) is 0 Å². The molecule has 1 aliphatic heterocycles. The van der Waals surface area contributed by atoms with Crippen LogP contribution in [-0.4, -0.2) is 37.0 Å². The average Bonchev–Trinajstić information content (AvgIpc) is 2.44. The number of amides is 1. The third-order valence-corrected chi connectivity index (χ3v) is 3.64. The summed E-state index contributed by atoms with van der Waals surface area (Å²) in [6, 6.07) is 2.24. The second-order valence-electron chi connectivity index (χ2n) is 5.49. The molecular weight excluding hydrogens is 329 g/mol. The molecule has 3 N–H and O–H groups in total. The Bertz CT molecular complexity index is 618. The summed E-state index contributed by atoms with van der Waals surface area (Å²) in [5.41, 5.74) is -1.82. The second-order valence-corrected chi connectivity index (χ2v) is 5.49. The summed E-state index contributed by atoms with van der Waals surface area (Å²) >= 11 is 0. The zero-order valence-corrected chi connectivity index (χ0v) is 12.7. The highest BCUT2D eigenvalue weighted by molar-refractivity contribution is 5.76. The van der Waals surface area contributed by atoms with Crippen molar-refractivity contribution in [2.75, 3.05) is 31.5 Å². The summed E-state index contributed by atoms with van der Waals surface area (Å²) in [6.07, 6.45) is -4.59. The van der Waals surface area contributed by atoms with Crippen molar-refractivity contribution in [3.8, 4) is 0 Å². The number of nitrogens with one attached hydrogen (secondary N) is 3. The number of hydrogen-bond acceptors (Lipinski definition) is 5. The Hall–Kier alpha value is -2.36. The first-order valence-corrected chi connectivity index (χ1v) is 7.34. The molecule has 10 heteroatoms. The van der Waals surface area contributed by atoms with E-state index in [2.05, 4.69) is 16.0 Å². The number of carbonyl (C=O) groups excluding carboxylic acids is 1. The molecule has 7 nitrogen and oxygen atoms in total. The monoisotopic (exact) mass is 346 g/mol. The lowest BCUT2D eigenvalue weighted by atomic mass is 10.0. The van der Waals surface area contributed by atoms with Gasteiger partial charge in [0.2, 0.25) is 5.91 Å². The molecule has 0 atom stereocenters. The maximum absolute atomic E-state index is 12.6. The summed E-state index contributed by atoms with van der Waals surface area (Å²) < 4.78 is 37.8. The van der Waals surface area contributed by atoms with Crippen molar-refractivity contribution in [2.24, 2.45) is 5.92 Å². The van der Waals surface area contributed by atoms with Gasteiger partial charge in [0, 0.05) is 44.6 Å². The number of benzene rings is 1. The minimum absolute atomic E-state index is 0.0519. The molecule has 2 rings (SSSR count). The Labute approximate surface area is 135 Å². The van der Waals surface area contributed by atoms with E-state index in [1.54, 1.807) is 0 Å². The van der Waals surface area contributed by atoms with Gasteiger partial charge in [-0.1, -0.05) is 0 Å². The topological polar surface area (TPSA) is 96.3 Å². The van der Waals surface area contributed by atoms with Crippen molar-refractivity contribution >= 4 is 17.3 Å². The molecule has 1 fully saturated rings. The SMILES string of the molecule is O=C(CCNc1ccc(C(F)(F)F)cc1[N+](=O)[O-])NCC1CNC1. The van der Waals surface area contributed by atoms with Crippen molar-refractivity contribution < 1.29 is 22.9 Å². The molecule has 0 spiro atoms. The lowest BCUT2D eigenvalue weighted by Crippen LogP contribution is -2.48. The first-order valence-electron chi connectivity index (χ1n) is 7.34. The number of rotatable bonds is 7. The Morgan fingerprint density at radius 3 is 2.62 bits per heavy atom. The number of nitrogens with zero attached hydrogens (tertiary/aromatic N) is 1. The van der Waals surface area contributed by atoms with Crippen LogP contribution in [0.1, 0.15) is 12.0 Å². The molecule has 0 bridgehead atoms. The Balaban J connectivity index is 1.89. The summed E-state index contributed by atoms with van der Waals surface area (Å²) in [6.45, 7) is 2.36. The predicted molar refractivity (Wildman–Crippen MR) is 80.6 cm³/mol. The maximum atomic E-state index is 12.6. The minimum Gasteiger partial charge on any atom is -0.379 e. The Morgan fingerprint density at radius 1 is 1.38 bits per heavy atom. The van der Waals surface area contributed by atoms with Gasteiger partial charge in [-0.05, 0) is 12.1 Å². The van der Waals surface area contributed by atoms with E-state index in [0.29, 0.717) is 18.5 Å². The standard InChI is InChI=1S/C14H17F3N4O3/c15-14(16,17)10-1-2-11(12(5-10)21(23)24)19-4-3-13(22)20-8-9-6-18-7-9/h1-2,5,9,18-19H,3-4,6-8H2,(H,20,22). The predicted octanol–water partition coefficient (Wildman–Crippen LogP) is 1.75. The number of nitro groups is 1. The molecular formula is C14H17F3N4O3. The van der Waals surface area contributed by atoms with Crippen LogP contribution < -0.4 is 16.0 Å². The largest absolute Gasteiger partial charge is 0.416 e. The third kappa shape index (κ3) is 4.82. The molecule has 0 saturated carbocycles. The van der Waals surface area contributed by atoms with E-state index in [-0.39, 0.29) is 24.6 Å². The second kappa shape index (κ2) is 7.47. The van der Waals surface area contributed by atoms with Gasteiger partial charge in [0.05, 0.1) is 10.5 Å². The number of alkyl halides is 3. The lowest BCUT2D eigenvalue weighted by molar-refractivity contribution is -0.384. The van der Waals surface area contributed by atoms with E-state index in [9.17, 15) is 28.1 Å². The molecule has 0 radical (unpaired) electrons. The fraction of sp³-hybridized carbons (Fsp3) is 0.500. The van der Waals surface area contributed by atoms with Crippen LogP contribution in [0.15, 0.2) is 18.2 Å². The molecule has 0 aromatic heterocycles. The van der Waals surface area contributed by atoms with Gasteiger partial charge in [0.15, 0.2) is 0 Å². The van der Waals surface area contributed by atoms with E-state index >= 15 is 0 Å². The van der Waals surface area contributed by atoms with Gasteiger partial charge in [-0.2, -0.15) is 13.2 Å². The number of anilines is 1. The molecule has 1 amide bonds. The van der Waals surface area contributed by atoms with Crippen LogP contribution in [0.4, 0.5) is 24.5 Å². The van der Waals surface area contributed by atoms with Crippen LogP contribution in [-0.2, 0) is 11.0 Å². The zero-order valence-electron chi connectivity index (χ0n) is 12.7. The van der Waals surface area contributed by atoms with Gasteiger partial charge in [-0.25, -0.2) is 0 Å². The van der Waals surface area contributed by atoms with Gasteiger partial charge in [0.25, 0.3) is 5.69 Å². The molecule has 1 aromatic carbocycles. The third-order valence-electron chi connectivity index (χ3n) is 3.64. The average molecular weight is 346 g/mol. The van der Waals surface area contributed by atoms with Gasteiger partial charge < -0.3 is 16.0 Å². The Morgan fingerprint density at radius 2 is 2.08 bits per heavy atom. The fourth-order valence-electron chi connectivity index (χ4n) is 2.16. The van der Waals surface area contributed by atoms with Crippen molar-refractivity contribution in [3.63, 3.8) is 0 Å². The van der Waals surface area contributed by atoms with Crippen molar-refractivity contribution in [1.82, 2.24) is 10.6 Å². The number of hydrogen-bond donors (Lipinski definition) is 3. The van der Waals surface area contributed by atoms with Crippen molar-refractivity contribution in [2.45, 2.75) is 12.6 Å². The molecule has 132 valence electrons. The van der Waals surface area contributed by atoms with E-state index < -0.39 is 22.4 Å². The minimum atomic E-state index is -4.65. The highest BCUT2D eigenvalue weighted by Crippen LogP contribution is 2.34. The molecule has 24 heavy (non-hydrogen) atoms. The number of halogens is 3. The zero-order chi connectivity index (χ0) is 17.7. The Kier molecular flexibility index (Phi) is 5.60. The van der Waals surface area contributed by atoms with E-state index in [0.717, 1.165) is 25.2 Å². The van der Waals surface area contributed by atoms with E-state index in [1.807, 2.05) is 0 Å². The number of carbonyl (C=O) groups is 1. The van der Waals surface area contributed by atoms with Crippen LogP contribution in [0.2, 0.25) is 0 Å². The molecule has 1 aliphatic rings. The van der Waals surface area contributed by atoms with Crippen molar-refractivity contribution in [3.05, 3.63) is 33.9 Å². The fourth-order valence-corrected chi connectivity index (χ4v) is 2.16. The van der Waals surface area contributed by atoms with Crippen LogP contribution in [0, 0.1) is 16.0 Å². The van der Waals surface area contributed by atoms with Gasteiger partial charge in [-0.15, -0.1) is 0 Å². The van der Waals surface area contributed by atoms with Gasteiger partial charge in [0.1, 0.15) is 5.69 Å². The summed E-state index contributed by atoms with van der Waals surface area (Å²) in [4.78, 5) is 21.7. The lowest BCUT2D eigenvalue weighted by Gasteiger charge is -2.27. The normalized spacial score (nSPS) is 14.8. The van der Waals surface area contributed by atoms with Gasteiger partial charge >= 0.3 is 6.18 Å². The van der Waals surface area contributed by atoms with Crippen LogP contribution in [0.3, 0.4) is 0 Å². The molecule has 1 aromatic rings. The molecule has 0 aliphatic carbocycles. The van der Waals surface area contributed by atoms with Crippen LogP contribution in [0.25, 0.3) is 0 Å². The van der Waals surface area contributed by atoms with Crippen LogP contribution in [0.5, 0.6) is 0 Å². The highest BCUT2D eigenvalue weighted by atomic mass is 19.4. The summed E-state index contributed by atoms with van der Waals surface area (Å²) in [7, 11) is 0. The smallest absolute Gasteiger partial charge is 0.379 e. The maximum Gasteiger partial charge on any atom is 0.416 e. The van der Waals surface area contributed by atoms with Crippen molar-refractivity contribution in [1.29, 1.82) is 0 Å². The molecule has 1 heterocycles.